The number of carbonyl (C=O) groups excluding carboxylic acids is 1. The van der Waals surface area contributed by atoms with Gasteiger partial charge < -0.3 is 0 Å². The van der Waals surface area contributed by atoms with E-state index in [2.05, 4.69) is 17.1 Å². The highest BCUT2D eigenvalue weighted by molar-refractivity contribution is 7.92. The van der Waals surface area contributed by atoms with Crippen LogP contribution in [0.25, 0.3) is 0 Å². The van der Waals surface area contributed by atoms with Crippen molar-refractivity contribution in [2.45, 2.75) is 4.90 Å². The van der Waals surface area contributed by atoms with Gasteiger partial charge in [-0.05, 0) is 54.1 Å². The third-order valence-electron chi connectivity index (χ3n) is 4.27. The third kappa shape index (κ3) is 5.59. The van der Waals surface area contributed by atoms with E-state index in [9.17, 15) is 13.2 Å². The fourth-order valence-corrected chi connectivity index (χ4v) is 4.43. The van der Waals surface area contributed by atoms with Crippen LogP contribution in [0.1, 0.15) is 15.9 Å². The number of sulfonamides is 1. The summed E-state index contributed by atoms with van der Waals surface area (Å²) >= 11 is 5.91. The number of amides is 1. The molecule has 0 aliphatic carbocycles. The molecule has 158 valence electrons. The lowest BCUT2D eigenvalue weighted by Crippen LogP contribution is -2.31. The Labute approximate surface area is 186 Å². The molecule has 31 heavy (non-hydrogen) atoms. The standard InChI is InChI=1S/C23H20ClN3O3S/c1-2-15-27(31(29,30)22-9-4-3-5-10-22)21-13-11-19(12-14-21)23(28)26-25-17-18-7-6-8-20(24)16-18/h2-14,16-17H,1,15H2,(H,26,28)/b25-17-. The number of nitrogens with zero attached hydrogens (tertiary/aromatic N) is 2. The van der Waals surface area contributed by atoms with E-state index in [1.54, 1.807) is 54.6 Å². The van der Waals surface area contributed by atoms with Gasteiger partial charge in [-0.3, -0.25) is 9.10 Å². The summed E-state index contributed by atoms with van der Waals surface area (Å²) in [6.07, 6.45) is 2.99. The fourth-order valence-electron chi connectivity index (χ4n) is 2.78. The van der Waals surface area contributed by atoms with E-state index < -0.39 is 15.9 Å². The van der Waals surface area contributed by atoms with Gasteiger partial charge in [0.25, 0.3) is 15.9 Å². The van der Waals surface area contributed by atoms with Crippen LogP contribution >= 0.6 is 11.6 Å². The summed E-state index contributed by atoms with van der Waals surface area (Å²) in [5, 5.41) is 4.49. The molecule has 0 aromatic heterocycles. The molecule has 0 fully saturated rings. The quantitative estimate of drug-likeness (QED) is 0.310. The number of halogens is 1. The van der Waals surface area contributed by atoms with Crippen LogP contribution in [0.15, 0.2) is 102 Å². The first-order chi connectivity index (χ1) is 14.9. The number of hydrogen-bond acceptors (Lipinski definition) is 4. The lowest BCUT2D eigenvalue weighted by molar-refractivity contribution is 0.0955. The van der Waals surface area contributed by atoms with Crippen LogP contribution in [0.3, 0.4) is 0 Å². The van der Waals surface area contributed by atoms with Crippen LogP contribution < -0.4 is 9.73 Å². The van der Waals surface area contributed by atoms with E-state index >= 15 is 0 Å². The van der Waals surface area contributed by atoms with Crippen molar-refractivity contribution in [3.8, 4) is 0 Å². The molecule has 3 aromatic rings. The second kappa shape index (κ2) is 10.1. The number of nitrogens with one attached hydrogen (secondary N) is 1. The first kappa shape index (κ1) is 22.3. The fraction of sp³-hybridized carbons (Fsp3) is 0.0435. The van der Waals surface area contributed by atoms with Crippen molar-refractivity contribution >= 4 is 39.4 Å². The minimum Gasteiger partial charge on any atom is -0.267 e. The second-order valence-corrected chi connectivity index (χ2v) is 8.74. The van der Waals surface area contributed by atoms with Crippen LogP contribution in [0.5, 0.6) is 0 Å². The molecule has 1 N–H and O–H groups in total. The van der Waals surface area contributed by atoms with Gasteiger partial charge in [-0.15, -0.1) is 6.58 Å². The highest BCUT2D eigenvalue weighted by Crippen LogP contribution is 2.24. The summed E-state index contributed by atoms with van der Waals surface area (Å²) in [5.41, 5.74) is 3.94. The molecule has 0 radical (unpaired) electrons. The molecule has 0 unspecified atom stereocenters. The van der Waals surface area contributed by atoms with Crippen LogP contribution in [0, 0.1) is 0 Å². The summed E-state index contributed by atoms with van der Waals surface area (Å²) in [7, 11) is -3.77. The highest BCUT2D eigenvalue weighted by atomic mass is 35.5. The van der Waals surface area contributed by atoms with Gasteiger partial charge in [0.05, 0.1) is 23.3 Å². The molecule has 0 heterocycles. The number of hydrogen-bond donors (Lipinski definition) is 1. The number of benzene rings is 3. The van der Waals surface area contributed by atoms with Gasteiger partial charge in [-0.1, -0.05) is 48.0 Å². The minimum atomic E-state index is -3.77. The monoisotopic (exact) mass is 453 g/mol. The molecule has 0 aliphatic rings. The van der Waals surface area contributed by atoms with E-state index in [-0.39, 0.29) is 11.4 Å². The minimum absolute atomic E-state index is 0.0900. The zero-order chi connectivity index (χ0) is 22.3. The van der Waals surface area contributed by atoms with Gasteiger partial charge in [0.2, 0.25) is 0 Å². The lowest BCUT2D eigenvalue weighted by atomic mass is 10.2. The smallest absolute Gasteiger partial charge is 0.267 e. The number of rotatable bonds is 8. The Morgan fingerprint density at radius 2 is 1.74 bits per heavy atom. The molecule has 0 bridgehead atoms. The Morgan fingerprint density at radius 3 is 2.39 bits per heavy atom. The predicted octanol–water partition coefficient (Wildman–Crippen LogP) is 4.49. The molecule has 0 aliphatic heterocycles. The van der Waals surface area contributed by atoms with Gasteiger partial charge in [0.15, 0.2) is 0 Å². The molecule has 8 heteroatoms. The van der Waals surface area contributed by atoms with Crippen molar-refractivity contribution < 1.29 is 13.2 Å². The van der Waals surface area contributed by atoms with Crippen LogP contribution in [-0.2, 0) is 10.0 Å². The summed E-state index contributed by atoms with van der Waals surface area (Å²) in [4.78, 5) is 12.5. The van der Waals surface area contributed by atoms with E-state index in [1.807, 2.05) is 0 Å². The normalized spacial score (nSPS) is 11.3. The molecule has 3 rings (SSSR count). The van der Waals surface area contributed by atoms with Crippen molar-refractivity contribution in [2.24, 2.45) is 5.10 Å². The summed E-state index contributed by atoms with van der Waals surface area (Å²) in [6.45, 7) is 3.74. The average molecular weight is 454 g/mol. The van der Waals surface area contributed by atoms with Gasteiger partial charge in [-0.25, -0.2) is 13.8 Å². The average Bonchev–Trinajstić information content (AvgIpc) is 2.78. The maximum atomic E-state index is 13.0. The largest absolute Gasteiger partial charge is 0.271 e. The molecule has 0 saturated heterocycles. The number of anilines is 1. The zero-order valence-corrected chi connectivity index (χ0v) is 18.1. The molecule has 0 saturated carbocycles. The summed E-state index contributed by atoms with van der Waals surface area (Å²) in [5.74, 6) is -0.425. The molecule has 0 spiro atoms. The molecule has 3 aromatic carbocycles. The van der Waals surface area contributed by atoms with Crippen molar-refractivity contribution in [1.82, 2.24) is 5.43 Å². The van der Waals surface area contributed by atoms with Crippen LogP contribution in [0.4, 0.5) is 5.69 Å². The SMILES string of the molecule is C=CCN(c1ccc(C(=O)N/N=C\c2cccc(Cl)c2)cc1)S(=O)(=O)c1ccccc1. The maximum Gasteiger partial charge on any atom is 0.271 e. The first-order valence-electron chi connectivity index (χ1n) is 9.29. The Bertz CT molecular complexity index is 1190. The molecule has 1 amide bonds. The summed E-state index contributed by atoms with van der Waals surface area (Å²) in [6, 6.07) is 21.4. The molecule has 6 nitrogen and oxygen atoms in total. The van der Waals surface area contributed by atoms with Crippen molar-refractivity contribution in [2.75, 3.05) is 10.8 Å². The maximum absolute atomic E-state index is 13.0. The third-order valence-corrected chi connectivity index (χ3v) is 6.32. The predicted molar refractivity (Wildman–Crippen MR) is 124 cm³/mol. The van der Waals surface area contributed by atoms with Gasteiger partial charge in [0, 0.05) is 10.6 Å². The zero-order valence-electron chi connectivity index (χ0n) is 16.5. The van der Waals surface area contributed by atoms with E-state index in [0.29, 0.717) is 16.3 Å². The van der Waals surface area contributed by atoms with Crippen LogP contribution in [0.2, 0.25) is 5.02 Å². The number of carbonyl (C=O) groups is 1. The first-order valence-corrected chi connectivity index (χ1v) is 11.1. The van der Waals surface area contributed by atoms with Crippen molar-refractivity contribution in [3.63, 3.8) is 0 Å². The van der Waals surface area contributed by atoms with Gasteiger partial charge in [-0.2, -0.15) is 5.10 Å². The van der Waals surface area contributed by atoms with Crippen molar-refractivity contribution in [1.29, 1.82) is 0 Å². The van der Waals surface area contributed by atoms with E-state index in [4.69, 9.17) is 11.6 Å². The van der Waals surface area contributed by atoms with E-state index in [1.165, 1.54) is 40.9 Å². The topological polar surface area (TPSA) is 78.8 Å². The molecular weight excluding hydrogens is 434 g/mol. The second-order valence-electron chi connectivity index (χ2n) is 6.44. The molecular formula is C23H20ClN3O3S. The molecule has 0 atom stereocenters. The van der Waals surface area contributed by atoms with Crippen LogP contribution in [-0.4, -0.2) is 27.1 Å². The Kier molecular flexibility index (Phi) is 7.23. The van der Waals surface area contributed by atoms with E-state index in [0.717, 1.165) is 5.56 Å². The Hall–Kier alpha value is -3.42. The number of hydrazone groups is 1. The van der Waals surface area contributed by atoms with Gasteiger partial charge in [0.1, 0.15) is 0 Å². The Balaban J connectivity index is 1.75. The van der Waals surface area contributed by atoms with Gasteiger partial charge >= 0.3 is 0 Å². The highest BCUT2D eigenvalue weighted by Gasteiger charge is 2.23. The van der Waals surface area contributed by atoms with Crippen molar-refractivity contribution in [3.05, 3.63) is 108 Å². The summed E-state index contributed by atoms with van der Waals surface area (Å²) < 4.78 is 27.3. The lowest BCUT2D eigenvalue weighted by Gasteiger charge is -2.23. The Morgan fingerprint density at radius 1 is 1.03 bits per heavy atom.